The monoisotopic (exact) mass is 412 g/mol. The second-order valence-corrected chi connectivity index (χ2v) is 8.03. The molecule has 2 heterocycles. The molecule has 0 unspecified atom stereocenters. The molecule has 0 saturated carbocycles. The zero-order chi connectivity index (χ0) is 21.2. The van der Waals surface area contributed by atoms with Gasteiger partial charge < -0.3 is 24.8 Å². The van der Waals surface area contributed by atoms with E-state index >= 15 is 0 Å². The van der Waals surface area contributed by atoms with Crippen LogP contribution < -0.4 is 10.1 Å². The van der Waals surface area contributed by atoms with Gasteiger partial charge in [0.2, 0.25) is 5.91 Å². The van der Waals surface area contributed by atoms with E-state index in [0.717, 1.165) is 12.1 Å². The fourth-order valence-electron chi connectivity index (χ4n) is 3.84. The molecule has 160 valence electrons. The summed E-state index contributed by atoms with van der Waals surface area (Å²) in [6.07, 6.45) is 1.56. The Bertz CT molecular complexity index is 778. The molecular weight excluding hydrogens is 386 g/mol. The van der Waals surface area contributed by atoms with E-state index in [0.29, 0.717) is 38.4 Å². The lowest BCUT2D eigenvalue weighted by molar-refractivity contribution is -0.194. The van der Waals surface area contributed by atoms with Crippen LogP contribution in [0, 0.1) is 11.6 Å². The van der Waals surface area contributed by atoms with E-state index in [4.69, 9.17) is 9.47 Å². The smallest absolute Gasteiger partial charge is 0.260 e. The minimum atomic E-state index is -1.16. The summed E-state index contributed by atoms with van der Waals surface area (Å²) < 4.78 is 37.7. The fourth-order valence-corrected chi connectivity index (χ4v) is 3.84. The summed E-state index contributed by atoms with van der Waals surface area (Å²) >= 11 is 0. The molecule has 1 aromatic carbocycles. The van der Waals surface area contributed by atoms with Crippen LogP contribution in [0.25, 0.3) is 0 Å². The Balaban J connectivity index is 1.54. The van der Waals surface area contributed by atoms with Crippen molar-refractivity contribution in [3.05, 3.63) is 29.8 Å². The third kappa shape index (κ3) is 5.02. The Morgan fingerprint density at radius 2 is 2.03 bits per heavy atom. The highest BCUT2D eigenvalue weighted by Crippen LogP contribution is 2.38. The Labute approximate surface area is 168 Å². The predicted octanol–water partition coefficient (Wildman–Crippen LogP) is 1.38. The molecule has 2 aliphatic rings. The van der Waals surface area contributed by atoms with Crippen molar-refractivity contribution in [2.45, 2.75) is 50.4 Å². The van der Waals surface area contributed by atoms with Crippen molar-refractivity contribution >= 4 is 11.8 Å². The first kappa shape index (κ1) is 21.4. The number of carbonyl (C=O) groups is 2. The normalized spacial score (nSPS) is 26.2. The van der Waals surface area contributed by atoms with Gasteiger partial charge in [-0.25, -0.2) is 8.78 Å². The maximum absolute atomic E-state index is 13.6. The lowest BCUT2D eigenvalue weighted by Gasteiger charge is -2.50. The van der Waals surface area contributed by atoms with Gasteiger partial charge in [-0.2, -0.15) is 0 Å². The molecule has 29 heavy (non-hydrogen) atoms. The van der Waals surface area contributed by atoms with Crippen molar-refractivity contribution in [1.29, 1.82) is 0 Å². The second kappa shape index (κ2) is 8.23. The van der Waals surface area contributed by atoms with Crippen LogP contribution in [0.4, 0.5) is 8.78 Å². The number of hydrogen-bond donors (Lipinski definition) is 2. The predicted molar refractivity (Wildman–Crippen MR) is 99.2 cm³/mol. The zero-order valence-electron chi connectivity index (χ0n) is 16.5. The molecule has 0 radical (unpaired) electrons. The molecule has 2 fully saturated rings. The molecule has 1 aromatic rings. The number of piperidine rings is 1. The first-order valence-corrected chi connectivity index (χ1v) is 9.59. The van der Waals surface area contributed by atoms with Gasteiger partial charge in [0.05, 0.1) is 18.2 Å². The highest BCUT2D eigenvalue weighted by molar-refractivity contribution is 5.78. The van der Waals surface area contributed by atoms with E-state index in [1.54, 1.807) is 11.8 Å². The highest BCUT2D eigenvalue weighted by atomic mass is 19.1. The van der Waals surface area contributed by atoms with Crippen molar-refractivity contribution in [1.82, 2.24) is 10.2 Å². The number of carbonyl (C=O) groups excluding carboxylic acids is 2. The van der Waals surface area contributed by atoms with E-state index in [2.05, 4.69) is 5.32 Å². The molecular formula is C20H26F2N2O5. The van der Waals surface area contributed by atoms with Crippen LogP contribution in [0.5, 0.6) is 5.75 Å². The summed E-state index contributed by atoms with van der Waals surface area (Å²) in [6.45, 7) is 3.62. The first-order chi connectivity index (χ1) is 13.6. The van der Waals surface area contributed by atoms with Gasteiger partial charge in [0.1, 0.15) is 11.4 Å². The molecule has 3 rings (SSSR count). The van der Waals surface area contributed by atoms with Crippen LogP contribution in [0.1, 0.15) is 33.1 Å². The maximum Gasteiger partial charge on any atom is 0.260 e. The van der Waals surface area contributed by atoms with E-state index in [9.17, 15) is 23.5 Å². The van der Waals surface area contributed by atoms with Gasteiger partial charge >= 0.3 is 0 Å². The average molecular weight is 412 g/mol. The maximum atomic E-state index is 13.6. The Kier molecular flexibility index (Phi) is 6.09. The Morgan fingerprint density at radius 1 is 1.34 bits per heavy atom. The average Bonchev–Trinajstić information content (AvgIpc) is 2.64. The summed E-state index contributed by atoms with van der Waals surface area (Å²) in [4.78, 5) is 25.5. The Hall–Kier alpha value is -2.26. The quantitative estimate of drug-likeness (QED) is 0.780. The van der Waals surface area contributed by atoms with Crippen LogP contribution in [0.15, 0.2) is 18.2 Å². The molecule has 2 aliphatic heterocycles. The molecule has 1 spiro atoms. The molecule has 9 heteroatoms. The number of nitrogens with zero attached hydrogens (tertiary/aromatic N) is 1. The number of rotatable bonds is 4. The lowest BCUT2D eigenvalue weighted by Crippen LogP contribution is -2.64. The Morgan fingerprint density at radius 3 is 2.66 bits per heavy atom. The van der Waals surface area contributed by atoms with Crippen LogP contribution in [-0.2, 0) is 14.3 Å². The molecule has 2 atom stereocenters. The second-order valence-electron chi connectivity index (χ2n) is 8.03. The van der Waals surface area contributed by atoms with Gasteiger partial charge in [0.25, 0.3) is 5.91 Å². The number of ether oxygens (including phenoxy) is 2. The number of benzene rings is 1. The van der Waals surface area contributed by atoms with Gasteiger partial charge in [-0.3, -0.25) is 9.59 Å². The van der Waals surface area contributed by atoms with E-state index in [-0.39, 0.29) is 30.8 Å². The molecule has 7 nitrogen and oxygen atoms in total. The highest BCUT2D eigenvalue weighted by Gasteiger charge is 2.49. The van der Waals surface area contributed by atoms with Crippen LogP contribution in [0.2, 0.25) is 0 Å². The van der Waals surface area contributed by atoms with Crippen molar-refractivity contribution in [2.24, 2.45) is 0 Å². The SMILES string of the molecule is CC(=O)N[C@H]1CC2(CCN(C(=O)COc3ccc(F)cc3F)CC2)OC[C@]1(C)O. The summed E-state index contributed by atoms with van der Waals surface area (Å²) in [7, 11) is 0. The number of halogens is 2. The van der Waals surface area contributed by atoms with E-state index in [1.165, 1.54) is 6.92 Å². The molecule has 2 N–H and O–H groups in total. The first-order valence-electron chi connectivity index (χ1n) is 9.59. The summed E-state index contributed by atoms with van der Waals surface area (Å²) in [5.41, 5.74) is -1.67. The zero-order valence-corrected chi connectivity index (χ0v) is 16.5. The van der Waals surface area contributed by atoms with Crippen LogP contribution >= 0.6 is 0 Å². The van der Waals surface area contributed by atoms with Crippen molar-refractivity contribution in [2.75, 3.05) is 26.3 Å². The van der Waals surface area contributed by atoms with Crippen LogP contribution in [-0.4, -0.2) is 65.4 Å². The number of hydrogen-bond acceptors (Lipinski definition) is 5. The number of nitrogens with one attached hydrogen (secondary N) is 1. The van der Waals surface area contributed by atoms with Gasteiger partial charge in [-0.1, -0.05) is 0 Å². The van der Waals surface area contributed by atoms with Crippen LogP contribution in [0.3, 0.4) is 0 Å². The van der Waals surface area contributed by atoms with Crippen molar-refractivity contribution < 1.29 is 33.0 Å². The van der Waals surface area contributed by atoms with Crippen molar-refractivity contribution in [3.63, 3.8) is 0 Å². The number of likely N-dealkylation sites (tertiary alicyclic amines) is 1. The standard InChI is InChI=1S/C20H26F2N2O5/c1-13(25)23-17-10-20(29-12-19(17,2)27)5-7-24(8-6-20)18(26)11-28-16-4-3-14(21)9-15(16)22/h3-4,9,17,27H,5-8,10-12H2,1-2H3,(H,23,25)/t17-,19-/m0/s1. The largest absolute Gasteiger partial charge is 0.481 e. The summed E-state index contributed by atoms with van der Waals surface area (Å²) in [6, 6.07) is 2.48. The third-order valence-electron chi connectivity index (χ3n) is 5.65. The van der Waals surface area contributed by atoms with Gasteiger partial charge in [0.15, 0.2) is 18.2 Å². The fraction of sp³-hybridized carbons (Fsp3) is 0.600. The number of aliphatic hydroxyl groups is 1. The van der Waals surface area contributed by atoms with E-state index in [1.807, 2.05) is 0 Å². The minimum Gasteiger partial charge on any atom is -0.481 e. The van der Waals surface area contributed by atoms with Gasteiger partial charge in [-0.15, -0.1) is 0 Å². The summed E-state index contributed by atoms with van der Waals surface area (Å²) in [5, 5.41) is 13.3. The van der Waals surface area contributed by atoms with Gasteiger partial charge in [0, 0.05) is 26.1 Å². The molecule has 0 aromatic heterocycles. The topological polar surface area (TPSA) is 88.1 Å². The molecule has 2 amide bonds. The number of amides is 2. The molecule has 0 aliphatic carbocycles. The van der Waals surface area contributed by atoms with Gasteiger partial charge in [-0.05, 0) is 38.3 Å². The summed E-state index contributed by atoms with van der Waals surface area (Å²) in [5.74, 6) is -2.27. The van der Waals surface area contributed by atoms with Crippen molar-refractivity contribution in [3.8, 4) is 5.75 Å². The van der Waals surface area contributed by atoms with E-state index < -0.39 is 28.9 Å². The lowest BCUT2D eigenvalue weighted by atomic mass is 9.77. The minimum absolute atomic E-state index is 0.0961. The third-order valence-corrected chi connectivity index (χ3v) is 5.65. The molecule has 0 bridgehead atoms. The molecule has 2 saturated heterocycles.